The summed E-state index contributed by atoms with van der Waals surface area (Å²) in [6.45, 7) is 0. The Morgan fingerprint density at radius 2 is 0.941 bits per heavy atom. The number of hydrogen-bond donors (Lipinski definition) is 0. The van der Waals surface area contributed by atoms with Gasteiger partial charge in [0.2, 0.25) is 0 Å². The smallest absolute Gasteiger partial charge is 0.00705 e. The van der Waals surface area contributed by atoms with Crippen LogP contribution < -0.4 is 0 Å². The maximum absolute atomic E-state index is 2.37. The lowest BCUT2D eigenvalue weighted by Crippen LogP contribution is -2.38. The van der Waals surface area contributed by atoms with E-state index in [0.717, 1.165) is 0 Å². The van der Waals surface area contributed by atoms with Crippen molar-refractivity contribution in [3.8, 4) is 22.3 Å². The van der Waals surface area contributed by atoms with E-state index in [-0.39, 0.29) is 0 Å². The third kappa shape index (κ3) is 4.74. The molecule has 0 N–H and O–H groups in total. The molecule has 176 valence electrons. The molecule has 5 aliphatic carbocycles. The molecule has 0 radical (unpaired) electrons. The van der Waals surface area contributed by atoms with Crippen molar-refractivity contribution in [1.29, 1.82) is 0 Å². The van der Waals surface area contributed by atoms with Crippen LogP contribution in [0.1, 0.15) is 82.1 Å². The van der Waals surface area contributed by atoms with Crippen LogP contribution in [0, 0.1) is 23.7 Å². The Morgan fingerprint density at radius 1 is 0.441 bits per heavy atom. The maximum Gasteiger partial charge on any atom is -0.00705 e. The van der Waals surface area contributed by atoms with E-state index in [1.165, 1.54) is 78.0 Å². The first-order chi connectivity index (χ1) is 16.8. The molecule has 0 atom stereocenters. The first-order valence-corrected chi connectivity index (χ1v) is 14.1. The minimum atomic E-state index is 0.706. The van der Waals surface area contributed by atoms with Crippen LogP contribution in [0.15, 0.2) is 78.9 Å². The average Bonchev–Trinajstić information content (AvgIpc) is 2.89. The zero-order chi connectivity index (χ0) is 22.7. The van der Waals surface area contributed by atoms with E-state index >= 15 is 0 Å². The largest absolute Gasteiger partial charge is 0.0622 e. The molecule has 5 saturated carbocycles. The summed E-state index contributed by atoms with van der Waals surface area (Å²) in [5.74, 6) is 5.41. The monoisotopic (exact) mass is 448 g/mol. The summed E-state index contributed by atoms with van der Waals surface area (Å²) in [5, 5.41) is 0. The Bertz CT molecular complexity index is 1000. The van der Waals surface area contributed by atoms with Crippen molar-refractivity contribution >= 4 is 0 Å². The lowest BCUT2D eigenvalue weighted by atomic mass is 9.56. The molecule has 4 bridgehead atoms. The van der Waals surface area contributed by atoms with Gasteiger partial charge in [-0.3, -0.25) is 0 Å². The quantitative estimate of drug-likeness (QED) is 0.374. The summed E-state index contributed by atoms with van der Waals surface area (Å²) in [6, 6.07) is 28.7. The van der Waals surface area contributed by atoms with Gasteiger partial charge in [-0.25, -0.2) is 0 Å². The third-order valence-electron chi connectivity index (χ3n) is 9.29. The fourth-order valence-electron chi connectivity index (χ4n) is 8.09. The van der Waals surface area contributed by atoms with E-state index in [4.69, 9.17) is 0 Å². The number of rotatable bonds is 3. The second-order valence-corrected chi connectivity index (χ2v) is 11.7. The van der Waals surface area contributed by atoms with Crippen molar-refractivity contribution in [2.24, 2.45) is 23.7 Å². The van der Waals surface area contributed by atoms with Crippen LogP contribution in [0.5, 0.6) is 0 Å². The van der Waals surface area contributed by atoms with Crippen LogP contribution in [-0.4, -0.2) is 0 Å². The molecule has 5 fully saturated rings. The third-order valence-corrected chi connectivity index (χ3v) is 9.29. The molecule has 0 heteroatoms. The molecular formula is C34H40. The summed E-state index contributed by atoms with van der Waals surface area (Å²) < 4.78 is 0. The Labute approximate surface area is 206 Å². The fourth-order valence-corrected chi connectivity index (χ4v) is 8.09. The van der Waals surface area contributed by atoms with E-state index in [2.05, 4.69) is 78.9 Å². The van der Waals surface area contributed by atoms with Crippen molar-refractivity contribution in [3.05, 3.63) is 84.4 Å². The van der Waals surface area contributed by atoms with Gasteiger partial charge in [0.1, 0.15) is 0 Å². The molecule has 0 aliphatic heterocycles. The molecule has 3 aromatic carbocycles. The molecule has 34 heavy (non-hydrogen) atoms. The van der Waals surface area contributed by atoms with Crippen LogP contribution in [0.4, 0.5) is 0 Å². The van der Waals surface area contributed by atoms with Gasteiger partial charge in [-0.1, -0.05) is 98.1 Å². The summed E-state index contributed by atoms with van der Waals surface area (Å²) in [5.41, 5.74) is 7.01. The molecule has 0 aromatic heterocycles. The standard InChI is InChI=1S/C24H24.C10H16/c1-4-11-19(12-5-1)22-17-10-18-23(20-13-6-2-7-14-20)24(22)21-15-8-3-9-16-21;1-7-2-9-4-8(1)5-10(3-7)6-9/h1,3-5,8-12,15-18,20H,2,6-7,13-14H2;7-10H,1-6H2. The molecular weight excluding hydrogens is 408 g/mol. The van der Waals surface area contributed by atoms with Crippen molar-refractivity contribution in [1.82, 2.24) is 0 Å². The van der Waals surface area contributed by atoms with Crippen LogP contribution in [0.3, 0.4) is 0 Å². The summed E-state index contributed by atoms with van der Waals surface area (Å²) >= 11 is 0. The summed E-state index contributed by atoms with van der Waals surface area (Å²) in [6.07, 6.45) is 16.4. The molecule has 0 amide bonds. The van der Waals surface area contributed by atoms with E-state index in [1.807, 2.05) is 0 Å². The van der Waals surface area contributed by atoms with Crippen molar-refractivity contribution in [2.75, 3.05) is 0 Å². The maximum atomic E-state index is 2.37. The lowest BCUT2D eigenvalue weighted by Gasteiger charge is -2.49. The highest BCUT2D eigenvalue weighted by Gasteiger charge is 2.41. The highest BCUT2D eigenvalue weighted by molar-refractivity contribution is 5.86. The highest BCUT2D eigenvalue weighted by Crippen LogP contribution is 2.53. The van der Waals surface area contributed by atoms with Crippen molar-refractivity contribution < 1.29 is 0 Å². The lowest BCUT2D eigenvalue weighted by molar-refractivity contribution is 0.0198. The van der Waals surface area contributed by atoms with Gasteiger partial charge >= 0.3 is 0 Å². The molecule has 0 nitrogen and oxygen atoms in total. The second kappa shape index (κ2) is 10.1. The first kappa shape index (κ1) is 22.1. The van der Waals surface area contributed by atoms with Gasteiger partial charge in [-0.2, -0.15) is 0 Å². The predicted molar refractivity (Wildman–Crippen MR) is 145 cm³/mol. The van der Waals surface area contributed by atoms with Crippen LogP contribution in [0.25, 0.3) is 22.3 Å². The highest BCUT2D eigenvalue weighted by atomic mass is 14.5. The van der Waals surface area contributed by atoms with Crippen LogP contribution in [0.2, 0.25) is 0 Å². The minimum Gasteiger partial charge on any atom is -0.0622 e. The number of hydrogen-bond acceptors (Lipinski definition) is 0. The average molecular weight is 449 g/mol. The Kier molecular flexibility index (Phi) is 6.58. The van der Waals surface area contributed by atoms with Gasteiger partial charge in [-0.05, 0) is 109 Å². The predicted octanol–water partition coefficient (Wildman–Crippen LogP) is 9.90. The molecule has 0 spiro atoms. The summed E-state index contributed by atoms with van der Waals surface area (Å²) in [4.78, 5) is 0. The van der Waals surface area contributed by atoms with Crippen molar-refractivity contribution in [3.63, 3.8) is 0 Å². The van der Waals surface area contributed by atoms with E-state index in [9.17, 15) is 0 Å². The molecule has 3 aromatic rings. The molecule has 0 unspecified atom stereocenters. The zero-order valence-electron chi connectivity index (χ0n) is 20.7. The number of benzene rings is 3. The SMILES string of the molecule is C1C2CC3CC1CC(C2)C3.c1ccc(-c2cccc(C3CCCCC3)c2-c2ccccc2)cc1. The van der Waals surface area contributed by atoms with E-state index < -0.39 is 0 Å². The summed E-state index contributed by atoms with van der Waals surface area (Å²) in [7, 11) is 0. The molecule has 8 rings (SSSR count). The van der Waals surface area contributed by atoms with Gasteiger partial charge in [-0.15, -0.1) is 0 Å². The first-order valence-electron chi connectivity index (χ1n) is 14.1. The molecule has 5 aliphatic rings. The normalized spacial score (nSPS) is 27.8. The molecule has 0 saturated heterocycles. The zero-order valence-corrected chi connectivity index (χ0v) is 20.7. The van der Waals surface area contributed by atoms with Crippen LogP contribution in [-0.2, 0) is 0 Å². The van der Waals surface area contributed by atoms with Crippen LogP contribution >= 0.6 is 0 Å². The van der Waals surface area contributed by atoms with Gasteiger partial charge < -0.3 is 0 Å². The van der Waals surface area contributed by atoms with Crippen molar-refractivity contribution in [2.45, 2.75) is 76.5 Å². The van der Waals surface area contributed by atoms with Gasteiger partial charge in [0.25, 0.3) is 0 Å². The Morgan fingerprint density at radius 3 is 1.47 bits per heavy atom. The van der Waals surface area contributed by atoms with Gasteiger partial charge in [0, 0.05) is 0 Å². The Balaban J connectivity index is 0.000000178. The van der Waals surface area contributed by atoms with E-state index in [1.54, 1.807) is 44.1 Å². The molecule has 0 heterocycles. The Hall–Kier alpha value is -2.34. The topological polar surface area (TPSA) is 0 Å². The van der Waals surface area contributed by atoms with Gasteiger partial charge in [0.15, 0.2) is 0 Å². The fraction of sp³-hybridized carbons (Fsp3) is 0.471. The second-order valence-electron chi connectivity index (χ2n) is 11.7. The minimum absolute atomic E-state index is 0.706. The van der Waals surface area contributed by atoms with Gasteiger partial charge in [0.05, 0.1) is 0 Å². The van der Waals surface area contributed by atoms with E-state index in [0.29, 0.717) is 5.92 Å².